The van der Waals surface area contributed by atoms with Gasteiger partial charge in [-0.1, -0.05) is 49.4 Å². The fraction of sp³-hybridized carbons (Fsp3) is 0.158. The molecular formula is C19H19FN2. The van der Waals surface area contributed by atoms with Crippen molar-refractivity contribution >= 4 is 12.4 Å². The molecule has 0 aliphatic rings. The summed E-state index contributed by atoms with van der Waals surface area (Å²) in [4.78, 5) is 0. The van der Waals surface area contributed by atoms with Crippen molar-refractivity contribution in [3.8, 4) is 0 Å². The third-order valence-electron chi connectivity index (χ3n) is 3.31. The van der Waals surface area contributed by atoms with Crippen molar-refractivity contribution in [2.45, 2.75) is 19.8 Å². The first-order valence-corrected chi connectivity index (χ1v) is 7.27. The number of benzene rings is 2. The monoisotopic (exact) mass is 294 g/mol. The van der Waals surface area contributed by atoms with Gasteiger partial charge in [-0.25, -0.2) is 4.39 Å². The molecule has 0 fully saturated rings. The highest BCUT2D eigenvalue weighted by atomic mass is 19.1. The summed E-state index contributed by atoms with van der Waals surface area (Å²) < 4.78 is 13.7. The van der Waals surface area contributed by atoms with Crippen molar-refractivity contribution in [1.82, 2.24) is 0 Å². The zero-order valence-corrected chi connectivity index (χ0v) is 12.7. The SMILES string of the molecule is C=CCc1ccc(C=NN=Cc2ccc(CC)cc2)cc1F. The Morgan fingerprint density at radius 3 is 2.23 bits per heavy atom. The molecule has 2 aromatic rings. The molecule has 3 heteroatoms. The highest BCUT2D eigenvalue weighted by Gasteiger charge is 2.00. The smallest absolute Gasteiger partial charge is 0.127 e. The Labute approximate surface area is 130 Å². The fourth-order valence-electron chi connectivity index (χ4n) is 2.00. The van der Waals surface area contributed by atoms with E-state index in [9.17, 15) is 4.39 Å². The van der Waals surface area contributed by atoms with Gasteiger partial charge in [0.25, 0.3) is 0 Å². The molecule has 0 aliphatic carbocycles. The number of nitrogens with zero attached hydrogens (tertiary/aromatic N) is 2. The standard InChI is InChI=1S/C19H19FN2/c1-3-5-18-11-10-17(12-19(18)20)14-22-21-13-16-8-6-15(4-2)7-9-16/h3,6-14H,1,4-5H2,2H3. The fourth-order valence-corrected chi connectivity index (χ4v) is 2.00. The molecule has 0 atom stereocenters. The van der Waals surface area contributed by atoms with Gasteiger partial charge >= 0.3 is 0 Å². The normalized spacial score (nSPS) is 11.4. The van der Waals surface area contributed by atoms with Crippen LogP contribution in [0.4, 0.5) is 4.39 Å². The first-order chi connectivity index (χ1) is 10.7. The number of halogens is 1. The molecule has 0 heterocycles. The molecule has 0 amide bonds. The van der Waals surface area contributed by atoms with E-state index in [1.807, 2.05) is 18.2 Å². The van der Waals surface area contributed by atoms with Crippen molar-refractivity contribution in [2.24, 2.45) is 10.2 Å². The van der Waals surface area contributed by atoms with Gasteiger partial charge in [0.05, 0.1) is 12.4 Å². The summed E-state index contributed by atoms with van der Waals surface area (Å²) in [6.45, 7) is 5.73. The van der Waals surface area contributed by atoms with Gasteiger partial charge in [0.1, 0.15) is 5.82 Å². The molecule has 0 spiro atoms. The lowest BCUT2D eigenvalue weighted by Gasteiger charge is -2.00. The number of aryl methyl sites for hydroxylation is 1. The maximum atomic E-state index is 13.7. The molecule has 0 unspecified atom stereocenters. The average Bonchev–Trinajstić information content (AvgIpc) is 2.55. The molecule has 0 bridgehead atoms. The minimum absolute atomic E-state index is 0.247. The first-order valence-electron chi connectivity index (χ1n) is 7.27. The van der Waals surface area contributed by atoms with E-state index >= 15 is 0 Å². The minimum atomic E-state index is -0.247. The number of rotatable bonds is 6. The molecule has 0 aliphatic heterocycles. The largest absolute Gasteiger partial charge is 0.207 e. The summed E-state index contributed by atoms with van der Waals surface area (Å²) in [5.74, 6) is -0.247. The maximum absolute atomic E-state index is 13.7. The lowest BCUT2D eigenvalue weighted by Crippen LogP contribution is -1.91. The number of hydrogen-bond donors (Lipinski definition) is 0. The Morgan fingerprint density at radius 2 is 1.64 bits per heavy atom. The van der Waals surface area contributed by atoms with E-state index in [4.69, 9.17) is 0 Å². The molecule has 2 nitrogen and oxygen atoms in total. The van der Waals surface area contributed by atoms with E-state index in [1.54, 1.807) is 18.4 Å². The molecule has 112 valence electrons. The second-order valence-electron chi connectivity index (χ2n) is 4.93. The van der Waals surface area contributed by atoms with Gasteiger partial charge < -0.3 is 0 Å². The van der Waals surface area contributed by atoms with E-state index in [0.29, 0.717) is 17.5 Å². The summed E-state index contributed by atoms with van der Waals surface area (Å²) in [7, 11) is 0. The highest BCUT2D eigenvalue weighted by molar-refractivity contribution is 5.82. The molecule has 0 radical (unpaired) electrons. The highest BCUT2D eigenvalue weighted by Crippen LogP contribution is 2.10. The van der Waals surface area contributed by atoms with Crippen molar-refractivity contribution in [2.75, 3.05) is 0 Å². The second-order valence-corrected chi connectivity index (χ2v) is 4.93. The molecule has 2 rings (SSSR count). The molecule has 22 heavy (non-hydrogen) atoms. The third-order valence-corrected chi connectivity index (χ3v) is 3.31. The Hall–Kier alpha value is -2.55. The van der Waals surface area contributed by atoms with Crippen molar-refractivity contribution in [1.29, 1.82) is 0 Å². The summed E-state index contributed by atoms with van der Waals surface area (Å²) in [6.07, 6.45) is 6.44. The predicted molar refractivity (Wildman–Crippen MR) is 91.3 cm³/mol. The van der Waals surface area contributed by atoms with Crippen LogP contribution < -0.4 is 0 Å². The summed E-state index contributed by atoms with van der Waals surface area (Å²) in [6, 6.07) is 13.1. The van der Waals surface area contributed by atoms with Gasteiger partial charge in [0.15, 0.2) is 0 Å². The van der Waals surface area contributed by atoms with E-state index in [-0.39, 0.29) is 5.82 Å². The zero-order valence-electron chi connectivity index (χ0n) is 12.7. The zero-order chi connectivity index (χ0) is 15.8. The molecule has 0 saturated carbocycles. The number of allylic oxidation sites excluding steroid dienone is 1. The first kappa shape index (κ1) is 15.8. The van der Waals surface area contributed by atoms with Crippen molar-refractivity contribution in [3.63, 3.8) is 0 Å². The molecule has 0 saturated heterocycles. The van der Waals surface area contributed by atoms with E-state index in [1.165, 1.54) is 17.8 Å². The van der Waals surface area contributed by atoms with Crippen LogP contribution in [0.15, 0.2) is 65.3 Å². The van der Waals surface area contributed by atoms with Gasteiger partial charge in [-0.15, -0.1) is 6.58 Å². The number of hydrogen-bond acceptors (Lipinski definition) is 2. The topological polar surface area (TPSA) is 24.7 Å². The van der Waals surface area contributed by atoms with Crippen molar-refractivity contribution < 1.29 is 4.39 Å². The molecule has 2 aromatic carbocycles. The molecule has 0 N–H and O–H groups in total. The van der Waals surface area contributed by atoms with Crippen LogP contribution in [-0.4, -0.2) is 12.4 Å². The van der Waals surface area contributed by atoms with Gasteiger partial charge in [0, 0.05) is 0 Å². The van der Waals surface area contributed by atoms with Crippen LogP contribution in [0.1, 0.15) is 29.2 Å². The van der Waals surface area contributed by atoms with Crippen LogP contribution in [0, 0.1) is 5.82 Å². The lowest BCUT2D eigenvalue weighted by atomic mass is 10.1. The van der Waals surface area contributed by atoms with E-state index < -0.39 is 0 Å². The quantitative estimate of drug-likeness (QED) is 0.423. The maximum Gasteiger partial charge on any atom is 0.127 e. The van der Waals surface area contributed by atoms with Gasteiger partial charge in [-0.3, -0.25) is 0 Å². The Morgan fingerprint density at radius 1 is 1.00 bits per heavy atom. The van der Waals surface area contributed by atoms with Crippen LogP contribution in [0.5, 0.6) is 0 Å². The average molecular weight is 294 g/mol. The van der Waals surface area contributed by atoms with Gasteiger partial charge in [-0.05, 0) is 41.2 Å². The summed E-state index contributed by atoms with van der Waals surface area (Å²) in [5.41, 5.74) is 3.59. The van der Waals surface area contributed by atoms with Crippen LogP contribution >= 0.6 is 0 Å². The third kappa shape index (κ3) is 4.48. The summed E-state index contributed by atoms with van der Waals surface area (Å²) in [5, 5.41) is 7.94. The Balaban J connectivity index is 2.00. The lowest BCUT2D eigenvalue weighted by molar-refractivity contribution is 0.614. The minimum Gasteiger partial charge on any atom is -0.207 e. The van der Waals surface area contributed by atoms with E-state index in [2.05, 4.69) is 35.8 Å². The molecular weight excluding hydrogens is 275 g/mol. The van der Waals surface area contributed by atoms with Gasteiger partial charge in [0.2, 0.25) is 0 Å². The van der Waals surface area contributed by atoms with Crippen molar-refractivity contribution in [3.05, 3.63) is 83.2 Å². The van der Waals surface area contributed by atoms with E-state index in [0.717, 1.165) is 12.0 Å². The van der Waals surface area contributed by atoms with Gasteiger partial charge in [-0.2, -0.15) is 10.2 Å². The van der Waals surface area contributed by atoms with Crippen LogP contribution in [-0.2, 0) is 12.8 Å². The summed E-state index contributed by atoms with van der Waals surface area (Å²) >= 11 is 0. The van der Waals surface area contributed by atoms with Crippen LogP contribution in [0.25, 0.3) is 0 Å². The van der Waals surface area contributed by atoms with Crippen LogP contribution in [0.3, 0.4) is 0 Å². The Bertz CT molecular complexity index is 685. The predicted octanol–water partition coefficient (Wildman–Crippen LogP) is 4.57. The molecule has 0 aromatic heterocycles. The van der Waals surface area contributed by atoms with Crippen LogP contribution in [0.2, 0.25) is 0 Å². The Kier molecular flexibility index (Phi) is 5.78. The second kappa shape index (κ2) is 8.03.